The van der Waals surface area contributed by atoms with Gasteiger partial charge >= 0.3 is 0 Å². The molecule has 0 saturated carbocycles. The summed E-state index contributed by atoms with van der Waals surface area (Å²) in [6.45, 7) is 0. The molecule has 0 unspecified atom stereocenters. The van der Waals surface area contributed by atoms with Crippen molar-refractivity contribution in [3.63, 3.8) is 0 Å². The van der Waals surface area contributed by atoms with Gasteiger partial charge < -0.3 is 4.42 Å². The van der Waals surface area contributed by atoms with Gasteiger partial charge in [0.1, 0.15) is 11.2 Å². The lowest BCUT2D eigenvalue weighted by Gasteiger charge is -2.10. The molecule has 0 N–H and O–H groups in total. The summed E-state index contributed by atoms with van der Waals surface area (Å²) >= 11 is 1.80. The van der Waals surface area contributed by atoms with E-state index in [1.807, 2.05) is 30.3 Å². The molecule has 0 fully saturated rings. The molecule has 3 aromatic heterocycles. The van der Waals surface area contributed by atoms with E-state index in [1.165, 1.54) is 20.2 Å². The molecule has 44 heavy (non-hydrogen) atoms. The maximum atomic E-state index is 6.22. The van der Waals surface area contributed by atoms with E-state index in [2.05, 4.69) is 109 Å². The quantitative estimate of drug-likeness (QED) is 0.207. The van der Waals surface area contributed by atoms with Crippen molar-refractivity contribution in [2.45, 2.75) is 0 Å². The van der Waals surface area contributed by atoms with Crippen LogP contribution in [0.2, 0.25) is 0 Å². The Morgan fingerprint density at radius 2 is 0.955 bits per heavy atom. The van der Waals surface area contributed by atoms with E-state index in [4.69, 9.17) is 19.4 Å². The minimum Gasteiger partial charge on any atom is -0.456 e. The predicted molar refractivity (Wildman–Crippen MR) is 182 cm³/mol. The van der Waals surface area contributed by atoms with Crippen molar-refractivity contribution in [2.24, 2.45) is 0 Å². The lowest BCUT2D eigenvalue weighted by atomic mass is 10.0. The fraction of sp³-hybridized carbons (Fsp3) is 0. The molecule has 0 bridgehead atoms. The van der Waals surface area contributed by atoms with E-state index in [0.717, 1.165) is 49.8 Å². The predicted octanol–water partition coefficient (Wildman–Crippen LogP) is 10.8. The Kier molecular flexibility index (Phi) is 5.64. The first-order valence-corrected chi connectivity index (χ1v) is 15.3. The van der Waals surface area contributed by atoms with Crippen LogP contribution in [-0.2, 0) is 0 Å². The Bertz CT molecular complexity index is 2510. The van der Waals surface area contributed by atoms with Gasteiger partial charge in [0.25, 0.3) is 0 Å². The highest BCUT2D eigenvalue weighted by molar-refractivity contribution is 7.25. The first-order valence-electron chi connectivity index (χ1n) is 14.5. The third-order valence-electron chi connectivity index (χ3n) is 8.14. The highest BCUT2D eigenvalue weighted by Gasteiger charge is 2.16. The van der Waals surface area contributed by atoms with Crippen LogP contribution in [0.4, 0.5) is 0 Å². The number of aromatic nitrogens is 3. The number of fused-ring (bicyclic) bond motifs is 6. The summed E-state index contributed by atoms with van der Waals surface area (Å²) in [5.74, 6) is 1.87. The van der Waals surface area contributed by atoms with Crippen LogP contribution < -0.4 is 0 Å². The van der Waals surface area contributed by atoms with Gasteiger partial charge in [0.2, 0.25) is 0 Å². The summed E-state index contributed by atoms with van der Waals surface area (Å²) in [6.07, 6.45) is 0. The number of benzene rings is 6. The van der Waals surface area contributed by atoms with Crippen molar-refractivity contribution >= 4 is 53.4 Å². The van der Waals surface area contributed by atoms with Gasteiger partial charge in [0.15, 0.2) is 17.5 Å². The summed E-state index contributed by atoms with van der Waals surface area (Å²) < 4.78 is 8.74. The first-order chi connectivity index (χ1) is 21.8. The second-order valence-electron chi connectivity index (χ2n) is 10.9. The zero-order chi connectivity index (χ0) is 29.0. The van der Waals surface area contributed by atoms with Gasteiger partial charge in [-0.2, -0.15) is 0 Å². The van der Waals surface area contributed by atoms with Crippen LogP contribution >= 0.6 is 11.3 Å². The normalized spacial score (nSPS) is 11.6. The van der Waals surface area contributed by atoms with Crippen LogP contribution in [0.25, 0.3) is 87.4 Å². The lowest BCUT2D eigenvalue weighted by Crippen LogP contribution is -2.00. The van der Waals surface area contributed by atoms with Crippen molar-refractivity contribution < 1.29 is 4.42 Å². The highest BCUT2D eigenvalue weighted by atomic mass is 32.1. The molecular weight excluding hydrogens is 559 g/mol. The van der Waals surface area contributed by atoms with Crippen LogP contribution in [0.15, 0.2) is 144 Å². The van der Waals surface area contributed by atoms with Gasteiger partial charge in [-0.1, -0.05) is 91.0 Å². The van der Waals surface area contributed by atoms with Crippen molar-refractivity contribution in [3.8, 4) is 45.3 Å². The van der Waals surface area contributed by atoms with E-state index >= 15 is 0 Å². The molecule has 0 saturated heterocycles. The Hall–Kier alpha value is -5.65. The number of hydrogen-bond donors (Lipinski definition) is 0. The molecule has 0 aliphatic heterocycles. The van der Waals surface area contributed by atoms with Crippen LogP contribution in [0.5, 0.6) is 0 Å². The molecule has 0 amide bonds. The number of thiophene rings is 1. The molecule has 9 rings (SSSR count). The standard InChI is InChI=1S/C39H23N3OS/c1-2-9-24(10-3-1)25-11-8-12-26(21-25)37-40-38(27-18-20-36-32(22-27)31-14-5-7-16-35(31)44-36)42-39(41-37)28-17-19-30-29-13-4-6-15-33(29)43-34(30)23-28/h1-23H. The molecule has 9 aromatic rings. The molecule has 0 aliphatic carbocycles. The van der Waals surface area contributed by atoms with Crippen LogP contribution in [0.3, 0.4) is 0 Å². The molecule has 5 heteroatoms. The minimum atomic E-state index is 0.604. The number of nitrogens with zero attached hydrogens (tertiary/aromatic N) is 3. The lowest BCUT2D eigenvalue weighted by molar-refractivity contribution is 0.669. The second-order valence-corrected chi connectivity index (χ2v) is 12.0. The molecular formula is C39H23N3OS. The molecule has 206 valence electrons. The largest absolute Gasteiger partial charge is 0.456 e. The van der Waals surface area contributed by atoms with Crippen molar-refractivity contribution in [1.29, 1.82) is 0 Å². The Morgan fingerprint density at radius 3 is 1.80 bits per heavy atom. The third kappa shape index (κ3) is 4.17. The number of para-hydroxylation sites is 1. The monoisotopic (exact) mass is 581 g/mol. The Balaban J connectivity index is 1.25. The zero-order valence-corrected chi connectivity index (χ0v) is 24.3. The van der Waals surface area contributed by atoms with Gasteiger partial charge in [-0.15, -0.1) is 11.3 Å². The van der Waals surface area contributed by atoms with Crippen LogP contribution in [0.1, 0.15) is 0 Å². The SMILES string of the molecule is c1ccc(-c2cccc(-c3nc(-c4ccc5c(c4)oc4ccccc45)nc(-c4ccc5sc6ccccc6c5c4)n3)c2)cc1. The van der Waals surface area contributed by atoms with Crippen molar-refractivity contribution in [3.05, 3.63) is 140 Å². The third-order valence-corrected chi connectivity index (χ3v) is 9.29. The highest BCUT2D eigenvalue weighted by Crippen LogP contribution is 2.37. The number of rotatable bonds is 4. The van der Waals surface area contributed by atoms with Gasteiger partial charge in [0, 0.05) is 47.6 Å². The summed E-state index contributed by atoms with van der Waals surface area (Å²) in [5, 5.41) is 4.63. The van der Waals surface area contributed by atoms with E-state index in [0.29, 0.717) is 17.5 Å². The molecule has 3 heterocycles. The summed E-state index contributed by atoms with van der Waals surface area (Å²) in [7, 11) is 0. The fourth-order valence-electron chi connectivity index (χ4n) is 5.96. The number of hydrogen-bond acceptors (Lipinski definition) is 5. The Labute approximate surface area is 256 Å². The Morgan fingerprint density at radius 1 is 0.364 bits per heavy atom. The smallest absolute Gasteiger partial charge is 0.164 e. The first kappa shape index (κ1) is 24.9. The summed E-state index contributed by atoms with van der Waals surface area (Å²) in [5.41, 5.74) is 6.70. The maximum absolute atomic E-state index is 6.22. The van der Waals surface area contributed by atoms with E-state index < -0.39 is 0 Å². The fourth-order valence-corrected chi connectivity index (χ4v) is 7.05. The molecule has 0 spiro atoms. The minimum absolute atomic E-state index is 0.604. The van der Waals surface area contributed by atoms with Gasteiger partial charge in [-0.25, -0.2) is 15.0 Å². The summed E-state index contributed by atoms with van der Waals surface area (Å²) in [4.78, 5) is 15.1. The number of furan rings is 1. The van der Waals surface area contributed by atoms with Gasteiger partial charge in [0.05, 0.1) is 0 Å². The second kappa shape index (κ2) is 9.97. The van der Waals surface area contributed by atoms with Crippen LogP contribution in [0, 0.1) is 0 Å². The average molecular weight is 582 g/mol. The van der Waals surface area contributed by atoms with E-state index in [9.17, 15) is 0 Å². The summed E-state index contributed by atoms with van der Waals surface area (Å²) in [6, 6.07) is 48.1. The molecule has 6 aromatic carbocycles. The average Bonchev–Trinajstić information content (AvgIpc) is 3.66. The van der Waals surface area contributed by atoms with Crippen molar-refractivity contribution in [1.82, 2.24) is 15.0 Å². The zero-order valence-electron chi connectivity index (χ0n) is 23.4. The molecule has 0 atom stereocenters. The molecule has 0 radical (unpaired) electrons. The van der Waals surface area contributed by atoms with Gasteiger partial charge in [-0.3, -0.25) is 0 Å². The van der Waals surface area contributed by atoms with Gasteiger partial charge in [-0.05, 0) is 59.7 Å². The van der Waals surface area contributed by atoms with Crippen molar-refractivity contribution in [2.75, 3.05) is 0 Å². The molecule has 4 nitrogen and oxygen atoms in total. The van der Waals surface area contributed by atoms with E-state index in [-0.39, 0.29) is 0 Å². The maximum Gasteiger partial charge on any atom is 0.164 e. The topological polar surface area (TPSA) is 51.8 Å². The van der Waals surface area contributed by atoms with E-state index in [1.54, 1.807) is 11.3 Å². The van der Waals surface area contributed by atoms with Crippen LogP contribution in [-0.4, -0.2) is 15.0 Å². The molecule has 0 aliphatic rings.